The molecule has 31 heavy (non-hydrogen) atoms. The molecule has 10 nitrogen and oxygen atoms in total. The zero-order valence-corrected chi connectivity index (χ0v) is 17.4. The maximum absolute atomic E-state index is 12.6. The first-order valence-electron chi connectivity index (χ1n) is 9.49. The number of carbonyl (C=O) groups excluding carboxylic acids is 2. The van der Waals surface area contributed by atoms with E-state index in [1.54, 1.807) is 24.3 Å². The number of nitro benzene ring substituents is 1. The summed E-state index contributed by atoms with van der Waals surface area (Å²) in [5, 5.41) is 13.5. The van der Waals surface area contributed by atoms with Crippen LogP contribution < -0.4 is 24.4 Å². The number of hydrogen-bond donors (Lipinski definition) is 1. The first-order chi connectivity index (χ1) is 14.9. The van der Waals surface area contributed by atoms with Crippen molar-refractivity contribution in [3.63, 3.8) is 0 Å². The zero-order chi connectivity index (χ0) is 22.5. The Morgan fingerprint density at radius 3 is 2.26 bits per heavy atom. The van der Waals surface area contributed by atoms with Crippen LogP contribution in [0.15, 0.2) is 36.4 Å². The van der Waals surface area contributed by atoms with E-state index in [0.29, 0.717) is 22.9 Å². The highest BCUT2D eigenvalue weighted by molar-refractivity contribution is 6.00. The number of carbonyl (C=O) groups is 2. The van der Waals surface area contributed by atoms with E-state index in [0.717, 1.165) is 5.56 Å². The Kier molecular flexibility index (Phi) is 6.58. The standard InChI is InChI=1S/C21H23N3O7/c1-29-17-9-16(10-18(30-2)20(17)31-3)23-12-14(8-19(23)25)21(26)22-11-13-4-6-15(7-5-13)24(27)28/h4-7,9-10,14H,8,11-12H2,1-3H3,(H,22,26). The summed E-state index contributed by atoms with van der Waals surface area (Å²) in [7, 11) is 4.47. The van der Waals surface area contributed by atoms with Crippen molar-refractivity contribution in [2.75, 3.05) is 32.8 Å². The fourth-order valence-electron chi connectivity index (χ4n) is 3.42. The summed E-state index contributed by atoms with van der Waals surface area (Å²) >= 11 is 0. The number of nitro groups is 1. The van der Waals surface area contributed by atoms with E-state index in [2.05, 4.69) is 5.32 Å². The number of amides is 2. The number of anilines is 1. The molecule has 1 saturated heterocycles. The first kappa shape index (κ1) is 21.9. The van der Waals surface area contributed by atoms with Crippen LogP contribution in [0.2, 0.25) is 0 Å². The molecule has 10 heteroatoms. The number of methoxy groups -OCH3 is 3. The van der Waals surface area contributed by atoms with E-state index in [-0.39, 0.29) is 37.0 Å². The molecule has 1 aliphatic heterocycles. The molecule has 2 aromatic carbocycles. The van der Waals surface area contributed by atoms with Gasteiger partial charge in [0.25, 0.3) is 5.69 Å². The molecule has 0 spiro atoms. The van der Waals surface area contributed by atoms with Crippen LogP contribution in [-0.2, 0) is 16.1 Å². The third kappa shape index (κ3) is 4.68. The van der Waals surface area contributed by atoms with Crippen LogP contribution in [0.5, 0.6) is 17.2 Å². The van der Waals surface area contributed by atoms with Crippen molar-refractivity contribution in [1.82, 2.24) is 5.32 Å². The average Bonchev–Trinajstić information content (AvgIpc) is 3.18. The molecule has 1 N–H and O–H groups in total. The normalized spacial score (nSPS) is 15.5. The molecule has 1 fully saturated rings. The predicted octanol–water partition coefficient (Wildman–Crippen LogP) is 2.29. The number of non-ortho nitro benzene ring substituents is 1. The molecule has 0 radical (unpaired) electrons. The molecule has 1 aliphatic rings. The fourth-order valence-corrected chi connectivity index (χ4v) is 3.42. The lowest BCUT2D eigenvalue weighted by atomic mass is 10.1. The second-order valence-corrected chi connectivity index (χ2v) is 6.93. The Bertz CT molecular complexity index is 966. The number of ether oxygens (including phenoxy) is 3. The van der Waals surface area contributed by atoms with Crippen molar-refractivity contribution >= 4 is 23.2 Å². The van der Waals surface area contributed by atoms with Crippen molar-refractivity contribution in [3.05, 3.63) is 52.1 Å². The van der Waals surface area contributed by atoms with Crippen LogP contribution in [0.4, 0.5) is 11.4 Å². The van der Waals surface area contributed by atoms with Gasteiger partial charge in [-0.2, -0.15) is 0 Å². The molecule has 0 aliphatic carbocycles. The summed E-state index contributed by atoms with van der Waals surface area (Å²) in [6, 6.07) is 9.26. The van der Waals surface area contributed by atoms with E-state index in [9.17, 15) is 19.7 Å². The number of nitrogens with zero attached hydrogens (tertiary/aromatic N) is 2. The van der Waals surface area contributed by atoms with Gasteiger partial charge in [-0.15, -0.1) is 0 Å². The molecule has 0 aromatic heterocycles. The molecule has 3 rings (SSSR count). The highest BCUT2D eigenvalue weighted by atomic mass is 16.6. The maximum atomic E-state index is 12.6. The van der Waals surface area contributed by atoms with Crippen LogP contribution in [-0.4, -0.2) is 44.6 Å². The molecule has 2 aromatic rings. The van der Waals surface area contributed by atoms with Crippen molar-refractivity contribution in [2.45, 2.75) is 13.0 Å². The second kappa shape index (κ2) is 9.33. The third-order valence-electron chi connectivity index (χ3n) is 5.07. The summed E-state index contributed by atoms with van der Waals surface area (Å²) in [5.41, 5.74) is 1.26. The maximum Gasteiger partial charge on any atom is 0.269 e. The molecular formula is C21H23N3O7. The SMILES string of the molecule is COc1cc(N2CC(C(=O)NCc3ccc([N+](=O)[O-])cc3)CC2=O)cc(OC)c1OC. The number of benzene rings is 2. The Morgan fingerprint density at radius 1 is 1.13 bits per heavy atom. The summed E-state index contributed by atoms with van der Waals surface area (Å²) in [4.78, 5) is 36.9. The zero-order valence-electron chi connectivity index (χ0n) is 17.4. The van der Waals surface area contributed by atoms with Gasteiger partial charge in [0.1, 0.15) is 0 Å². The molecule has 0 saturated carbocycles. The summed E-state index contributed by atoms with van der Waals surface area (Å²) < 4.78 is 16.0. The van der Waals surface area contributed by atoms with Crippen molar-refractivity contribution < 1.29 is 28.7 Å². The number of hydrogen-bond acceptors (Lipinski definition) is 7. The Balaban J connectivity index is 1.68. The lowest BCUT2D eigenvalue weighted by Crippen LogP contribution is -2.32. The minimum Gasteiger partial charge on any atom is -0.493 e. The van der Waals surface area contributed by atoms with E-state index in [1.165, 1.54) is 38.4 Å². The van der Waals surface area contributed by atoms with Gasteiger partial charge in [-0.3, -0.25) is 19.7 Å². The lowest BCUT2D eigenvalue weighted by molar-refractivity contribution is -0.384. The molecule has 1 unspecified atom stereocenters. The van der Waals surface area contributed by atoms with Crippen LogP contribution >= 0.6 is 0 Å². The Labute approximate surface area is 178 Å². The summed E-state index contributed by atoms with van der Waals surface area (Å²) in [6.07, 6.45) is 0.0722. The van der Waals surface area contributed by atoms with Gasteiger partial charge in [-0.05, 0) is 5.56 Å². The van der Waals surface area contributed by atoms with Crippen molar-refractivity contribution in [3.8, 4) is 17.2 Å². The van der Waals surface area contributed by atoms with Gasteiger partial charge >= 0.3 is 0 Å². The largest absolute Gasteiger partial charge is 0.493 e. The van der Waals surface area contributed by atoms with Gasteiger partial charge in [0.15, 0.2) is 11.5 Å². The molecule has 0 bridgehead atoms. The smallest absolute Gasteiger partial charge is 0.269 e. The first-order valence-corrected chi connectivity index (χ1v) is 9.49. The number of nitrogens with one attached hydrogen (secondary N) is 1. The predicted molar refractivity (Wildman–Crippen MR) is 112 cm³/mol. The van der Waals surface area contributed by atoms with Crippen LogP contribution in [0, 0.1) is 16.0 Å². The highest BCUT2D eigenvalue weighted by Gasteiger charge is 2.36. The third-order valence-corrected chi connectivity index (χ3v) is 5.07. The molecule has 1 heterocycles. The second-order valence-electron chi connectivity index (χ2n) is 6.93. The summed E-state index contributed by atoms with van der Waals surface area (Å²) in [5.74, 6) is 0.264. The molecule has 164 valence electrons. The average molecular weight is 429 g/mol. The quantitative estimate of drug-likeness (QED) is 0.505. The van der Waals surface area contributed by atoms with Crippen molar-refractivity contribution in [1.29, 1.82) is 0 Å². The van der Waals surface area contributed by atoms with Gasteiger partial charge < -0.3 is 24.4 Å². The van der Waals surface area contributed by atoms with Gasteiger partial charge in [0, 0.05) is 43.8 Å². The highest BCUT2D eigenvalue weighted by Crippen LogP contribution is 2.42. The monoisotopic (exact) mass is 429 g/mol. The van der Waals surface area contributed by atoms with Crippen LogP contribution in [0.25, 0.3) is 0 Å². The molecular weight excluding hydrogens is 406 g/mol. The lowest BCUT2D eigenvalue weighted by Gasteiger charge is -2.20. The van der Waals surface area contributed by atoms with E-state index < -0.39 is 10.8 Å². The minimum absolute atomic E-state index is 0.0162. The van der Waals surface area contributed by atoms with E-state index in [4.69, 9.17) is 14.2 Å². The minimum atomic E-state index is -0.523. The topological polar surface area (TPSA) is 120 Å². The molecule has 2 amide bonds. The van der Waals surface area contributed by atoms with Gasteiger partial charge in [-0.1, -0.05) is 12.1 Å². The Morgan fingerprint density at radius 2 is 1.74 bits per heavy atom. The summed E-state index contributed by atoms with van der Waals surface area (Å²) in [6.45, 7) is 0.426. The molecule has 1 atom stereocenters. The van der Waals surface area contributed by atoms with Gasteiger partial charge in [0.05, 0.1) is 37.9 Å². The van der Waals surface area contributed by atoms with Gasteiger partial charge in [-0.25, -0.2) is 0 Å². The van der Waals surface area contributed by atoms with E-state index >= 15 is 0 Å². The van der Waals surface area contributed by atoms with E-state index in [1.807, 2.05) is 0 Å². The Hall–Kier alpha value is -3.82. The van der Waals surface area contributed by atoms with Crippen LogP contribution in [0.3, 0.4) is 0 Å². The van der Waals surface area contributed by atoms with Crippen molar-refractivity contribution in [2.24, 2.45) is 5.92 Å². The number of rotatable bonds is 8. The van der Waals surface area contributed by atoms with Gasteiger partial charge in [0.2, 0.25) is 17.6 Å². The fraction of sp³-hybridized carbons (Fsp3) is 0.333. The van der Waals surface area contributed by atoms with Crippen LogP contribution in [0.1, 0.15) is 12.0 Å².